The van der Waals surface area contributed by atoms with Crippen molar-refractivity contribution in [3.8, 4) is 10.6 Å². The van der Waals surface area contributed by atoms with E-state index in [9.17, 15) is 4.79 Å². The van der Waals surface area contributed by atoms with Gasteiger partial charge in [-0.25, -0.2) is 4.98 Å². The average molecular weight is 281 g/mol. The van der Waals surface area contributed by atoms with Gasteiger partial charge in [-0.05, 0) is 12.1 Å². The molecular weight excluding hydrogens is 270 g/mol. The normalized spacial score (nSPS) is 10.2. The van der Waals surface area contributed by atoms with Crippen LogP contribution in [0.15, 0.2) is 60.2 Å². The summed E-state index contributed by atoms with van der Waals surface area (Å²) in [5, 5.41) is 5.48. The van der Waals surface area contributed by atoms with Crippen molar-refractivity contribution >= 4 is 23.1 Å². The molecule has 3 rings (SSSR count). The summed E-state index contributed by atoms with van der Waals surface area (Å²) in [6.45, 7) is 0. The first kappa shape index (κ1) is 12.5. The highest BCUT2D eigenvalue weighted by Crippen LogP contribution is 2.25. The van der Waals surface area contributed by atoms with E-state index in [1.54, 1.807) is 18.3 Å². The number of nitrogens with one attached hydrogen (secondary N) is 1. The Morgan fingerprint density at radius 2 is 1.95 bits per heavy atom. The van der Waals surface area contributed by atoms with Gasteiger partial charge in [0.2, 0.25) is 0 Å². The van der Waals surface area contributed by atoms with Crippen LogP contribution in [0.25, 0.3) is 10.6 Å². The molecule has 0 fully saturated rings. The van der Waals surface area contributed by atoms with Gasteiger partial charge in [0.05, 0.1) is 5.56 Å². The van der Waals surface area contributed by atoms with Gasteiger partial charge in [-0.15, -0.1) is 11.3 Å². The van der Waals surface area contributed by atoms with Crippen LogP contribution < -0.4 is 5.32 Å². The van der Waals surface area contributed by atoms with Crippen molar-refractivity contribution in [3.05, 3.63) is 65.8 Å². The van der Waals surface area contributed by atoms with E-state index in [4.69, 9.17) is 0 Å². The van der Waals surface area contributed by atoms with Gasteiger partial charge in [0.15, 0.2) is 0 Å². The number of pyridine rings is 1. The predicted octanol–water partition coefficient (Wildman–Crippen LogP) is 3.46. The van der Waals surface area contributed by atoms with Crippen LogP contribution in [0, 0.1) is 0 Å². The largest absolute Gasteiger partial charge is 0.306 e. The molecule has 1 amide bonds. The third kappa shape index (κ3) is 2.73. The predicted molar refractivity (Wildman–Crippen MR) is 79.7 cm³/mol. The molecule has 0 spiro atoms. The molecule has 0 saturated heterocycles. The van der Waals surface area contributed by atoms with Gasteiger partial charge in [-0.1, -0.05) is 30.3 Å². The molecule has 0 bridgehead atoms. The molecule has 0 atom stereocenters. The summed E-state index contributed by atoms with van der Waals surface area (Å²) in [5.41, 5.74) is 1.56. The van der Waals surface area contributed by atoms with Crippen LogP contribution in [0.2, 0.25) is 0 Å². The molecule has 3 aromatic rings. The number of rotatable bonds is 3. The van der Waals surface area contributed by atoms with E-state index in [0.29, 0.717) is 11.4 Å². The van der Waals surface area contributed by atoms with Crippen molar-refractivity contribution in [2.45, 2.75) is 0 Å². The zero-order valence-corrected chi connectivity index (χ0v) is 11.3. The van der Waals surface area contributed by atoms with Gasteiger partial charge in [-0.2, -0.15) is 0 Å². The topological polar surface area (TPSA) is 54.9 Å². The van der Waals surface area contributed by atoms with Crippen molar-refractivity contribution in [1.82, 2.24) is 9.97 Å². The number of benzene rings is 1. The van der Waals surface area contributed by atoms with Crippen LogP contribution in [0.1, 0.15) is 10.4 Å². The number of thiazole rings is 1. The van der Waals surface area contributed by atoms with Gasteiger partial charge < -0.3 is 5.32 Å². The Bertz CT molecular complexity index is 710. The van der Waals surface area contributed by atoms with Crippen molar-refractivity contribution < 1.29 is 4.79 Å². The van der Waals surface area contributed by atoms with Crippen LogP contribution in [-0.2, 0) is 0 Å². The Morgan fingerprint density at radius 1 is 1.10 bits per heavy atom. The van der Waals surface area contributed by atoms with Crippen molar-refractivity contribution in [1.29, 1.82) is 0 Å². The quantitative estimate of drug-likeness (QED) is 0.800. The first-order chi connectivity index (χ1) is 9.83. The number of hydrogen-bond acceptors (Lipinski definition) is 4. The summed E-state index contributed by atoms with van der Waals surface area (Å²) >= 11 is 1.50. The summed E-state index contributed by atoms with van der Waals surface area (Å²) < 4.78 is 0. The first-order valence-electron chi connectivity index (χ1n) is 6.05. The molecule has 1 N–H and O–H groups in total. The fraction of sp³-hybridized carbons (Fsp3) is 0. The van der Waals surface area contributed by atoms with E-state index in [2.05, 4.69) is 15.3 Å². The molecule has 2 heterocycles. The number of aromatic nitrogens is 2. The number of amides is 1. The van der Waals surface area contributed by atoms with Gasteiger partial charge in [0, 0.05) is 23.3 Å². The van der Waals surface area contributed by atoms with E-state index in [-0.39, 0.29) is 5.91 Å². The Balaban J connectivity index is 1.77. The Labute approximate surface area is 120 Å². The summed E-state index contributed by atoms with van der Waals surface area (Å²) in [4.78, 5) is 20.3. The molecule has 4 nitrogen and oxygen atoms in total. The van der Waals surface area contributed by atoms with Crippen molar-refractivity contribution in [2.24, 2.45) is 0 Å². The van der Waals surface area contributed by atoms with E-state index in [1.807, 2.05) is 35.7 Å². The third-order valence-electron chi connectivity index (χ3n) is 2.69. The van der Waals surface area contributed by atoms with Crippen LogP contribution in [0.4, 0.5) is 5.82 Å². The Morgan fingerprint density at radius 3 is 2.70 bits per heavy atom. The smallest absolute Gasteiger partial charge is 0.258 e. The fourth-order valence-electron chi connectivity index (χ4n) is 1.73. The molecule has 0 unspecified atom stereocenters. The lowest BCUT2D eigenvalue weighted by Crippen LogP contribution is -2.12. The molecule has 0 aliphatic heterocycles. The fourth-order valence-corrected chi connectivity index (χ4v) is 2.49. The minimum absolute atomic E-state index is 0.206. The molecule has 0 saturated carbocycles. The molecular formula is C15H11N3OS. The van der Waals surface area contributed by atoms with Gasteiger partial charge >= 0.3 is 0 Å². The lowest BCUT2D eigenvalue weighted by atomic mass is 10.2. The molecule has 0 aliphatic rings. The Hall–Kier alpha value is -2.53. The number of carbonyl (C=O) groups is 1. The number of carbonyl (C=O) groups excluding carboxylic acids is 1. The highest BCUT2D eigenvalue weighted by molar-refractivity contribution is 7.13. The van der Waals surface area contributed by atoms with E-state index in [0.717, 1.165) is 10.6 Å². The first-order valence-corrected chi connectivity index (χ1v) is 6.93. The SMILES string of the molecule is O=C(Nc1csc(-c2ccccc2)n1)c1cccnc1. The minimum Gasteiger partial charge on any atom is -0.306 e. The molecule has 1 aromatic carbocycles. The second-order valence-electron chi connectivity index (χ2n) is 4.10. The summed E-state index contributed by atoms with van der Waals surface area (Å²) in [6.07, 6.45) is 3.16. The number of anilines is 1. The van der Waals surface area contributed by atoms with Crippen molar-refractivity contribution in [2.75, 3.05) is 5.32 Å². The van der Waals surface area contributed by atoms with Crippen LogP contribution >= 0.6 is 11.3 Å². The van der Waals surface area contributed by atoms with Gasteiger partial charge in [0.25, 0.3) is 5.91 Å². The van der Waals surface area contributed by atoms with Crippen molar-refractivity contribution in [3.63, 3.8) is 0 Å². The molecule has 5 heteroatoms. The van der Waals surface area contributed by atoms with E-state index in [1.165, 1.54) is 17.5 Å². The van der Waals surface area contributed by atoms with Crippen LogP contribution in [-0.4, -0.2) is 15.9 Å². The van der Waals surface area contributed by atoms with Crippen LogP contribution in [0.5, 0.6) is 0 Å². The molecule has 98 valence electrons. The minimum atomic E-state index is -0.206. The zero-order valence-electron chi connectivity index (χ0n) is 10.5. The molecule has 0 aliphatic carbocycles. The van der Waals surface area contributed by atoms with Gasteiger partial charge in [0.1, 0.15) is 10.8 Å². The lowest BCUT2D eigenvalue weighted by molar-refractivity contribution is 0.102. The monoisotopic (exact) mass is 281 g/mol. The average Bonchev–Trinajstić information content (AvgIpc) is 2.97. The maximum atomic E-state index is 12.0. The maximum Gasteiger partial charge on any atom is 0.258 e. The summed E-state index contributed by atoms with van der Waals surface area (Å²) in [6, 6.07) is 13.3. The highest BCUT2D eigenvalue weighted by Gasteiger charge is 2.09. The third-order valence-corrected chi connectivity index (χ3v) is 3.58. The highest BCUT2D eigenvalue weighted by atomic mass is 32.1. The number of hydrogen-bond donors (Lipinski definition) is 1. The van der Waals surface area contributed by atoms with E-state index < -0.39 is 0 Å². The van der Waals surface area contributed by atoms with E-state index >= 15 is 0 Å². The zero-order chi connectivity index (χ0) is 13.8. The van der Waals surface area contributed by atoms with Crippen LogP contribution in [0.3, 0.4) is 0 Å². The second-order valence-corrected chi connectivity index (χ2v) is 4.96. The Kier molecular flexibility index (Phi) is 3.52. The molecule has 2 aromatic heterocycles. The standard InChI is InChI=1S/C15H11N3OS/c19-14(12-7-4-8-16-9-12)17-13-10-20-15(18-13)11-5-2-1-3-6-11/h1-10H,(H,17,19). The van der Waals surface area contributed by atoms with Gasteiger partial charge in [-0.3, -0.25) is 9.78 Å². The molecule has 0 radical (unpaired) electrons. The lowest BCUT2D eigenvalue weighted by Gasteiger charge is -2.00. The maximum absolute atomic E-state index is 12.0. The second kappa shape index (κ2) is 5.63. The summed E-state index contributed by atoms with van der Waals surface area (Å²) in [5.74, 6) is 0.353. The number of nitrogens with zero attached hydrogens (tertiary/aromatic N) is 2. The molecule has 20 heavy (non-hydrogen) atoms. The summed E-state index contributed by atoms with van der Waals surface area (Å²) in [7, 11) is 0.